The molecule has 1 aromatic heterocycles. The summed E-state index contributed by atoms with van der Waals surface area (Å²) in [6, 6.07) is 5.42. The van der Waals surface area contributed by atoms with Crippen LogP contribution in [0.25, 0.3) is 0 Å². The molecule has 0 saturated heterocycles. The van der Waals surface area contributed by atoms with Crippen molar-refractivity contribution in [3.8, 4) is 0 Å². The average Bonchev–Trinajstić information content (AvgIpc) is 2.72. The molecule has 0 aliphatic heterocycles. The van der Waals surface area contributed by atoms with Crippen LogP contribution in [0.5, 0.6) is 0 Å². The fraction of sp³-hybridized carbons (Fsp3) is 0.231. The average molecular weight is 236 g/mol. The minimum atomic E-state index is -0.421. The SMILES string of the molecule is NCCc1ccn(Cc2cc(F)ccc2F)c1. The predicted molar refractivity (Wildman–Crippen MR) is 62.7 cm³/mol. The molecular formula is C13H14F2N2. The first-order valence-corrected chi connectivity index (χ1v) is 5.47. The van der Waals surface area contributed by atoms with Gasteiger partial charge in [-0.05, 0) is 42.8 Å². The molecule has 0 saturated carbocycles. The van der Waals surface area contributed by atoms with E-state index in [-0.39, 0.29) is 5.82 Å². The molecule has 2 aromatic rings. The zero-order valence-corrected chi connectivity index (χ0v) is 9.37. The molecule has 2 rings (SSSR count). The maximum absolute atomic E-state index is 13.4. The Morgan fingerprint density at radius 1 is 1.18 bits per heavy atom. The molecule has 0 amide bonds. The van der Waals surface area contributed by atoms with Crippen LogP contribution in [0.2, 0.25) is 0 Å². The molecule has 0 atom stereocenters. The van der Waals surface area contributed by atoms with Crippen molar-refractivity contribution in [3.63, 3.8) is 0 Å². The number of nitrogens with zero attached hydrogens (tertiary/aromatic N) is 1. The third kappa shape index (κ3) is 2.91. The normalized spacial score (nSPS) is 10.8. The number of benzene rings is 1. The van der Waals surface area contributed by atoms with Crippen LogP contribution in [0.4, 0.5) is 8.78 Å². The molecule has 0 radical (unpaired) electrons. The Labute approximate surface area is 98.7 Å². The summed E-state index contributed by atoms with van der Waals surface area (Å²) in [4.78, 5) is 0. The molecule has 2 nitrogen and oxygen atoms in total. The molecule has 0 fully saturated rings. The van der Waals surface area contributed by atoms with Crippen LogP contribution in [0.1, 0.15) is 11.1 Å². The zero-order chi connectivity index (χ0) is 12.3. The Hall–Kier alpha value is -1.68. The van der Waals surface area contributed by atoms with Crippen LogP contribution in [0.15, 0.2) is 36.7 Å². The van der Waals surface area contributed by atoms with Crippen molar-refractivity contribution in [2.45, 2.75) is 13.0 Å². The van der Waals surface area contributed by atoms with Crippen molar-refractivity contribution >= 4 is 0 Å². The molecule has 0 aliphatic rings. The third-order valence-electron chi connectivity index (χ3n) is 2.61. The second kappa shape index (κ2) is 5.10. The summed E-state index contributed by atoms with van der Waals surface area (Å²) >= 11 is 0. The van der Waals surface area contributed by atoms with Crippen LogP contribution < -0.4 is 5.73 Å². The molecule has 90 valence electrons. The van der Waals surface area contributed by atoms with E-state index in [4.69, 9.17) is 5.73 Å². The van der Waals surface area contributed by atoms with E-state index in [1.165, 1.54) is 6.07 Å². The quantitative estimate of drug-likeness (QED) is 0.867. The van der Waals surface area contributed by atoms with Crippen molar-refractivity contribution in [2.24, 2.45) is 5.73 Å². The molecule has 2 N–H and O–H groups in total. The van der Waals surface area contributed by atoms with Crippen LogP contribution >= 0.6 is 0 Å². The van der Waals surface area contributed by atoms with Gasteiger partial charge in [-0.25, -0.2) is 8.78 Å². The van der Waals surface area contributed by atoms with Crippen molar-refractivity contribution < 1.29 is 8.78 Å². The Kier molecular flexibility index (Phi) is 3.54. The lowest BCUT2D eigenvalue weighted by atomic mass is 10.2. The standard InChI is InChI=1S/C13H14F2N2/c14-12-1-2-13(15)11(7-12)9-17-6-4-10(8-17)3-5-16/h1-2,4,6-8H,3,5,9,16H2. The van der Waals surface area contributed by atoms with Gasteiger partial charge in [-0.15, -0.1) is 0 Å². The fourth-order valence-corrected chi connectivity index (χ4v) is 1.76. The van der Waals surface area contributed by atoms with E-state index in [0.717, 1.165) is 24.1 Å². The Bertz CT molecular complexity index is 506. The summed E-state index contributed by atoms with van der Waals surface area (Å²) in [7, 11) is 0. The second-order valence-corrected chi connectivity index (χ2v) is 3.97. The number of nitrogens with two attached hydrogens (primary N) is 1. The Morgan fingerprint density at radius 2 is 2.00 bits per heavy atom. The lowest BCUT2D eigenvalue weighted by molar-refractivity contribution is 0.577. The highest BCUT2D eigenvalue weighted by Crippen LogP contribution is 2.12. The van der Waals surface area contributed by atoms with Crippen LogP contribution in [0.3, 0.4) is 0 Å². The van der Waals surface area contributed by atoms with Gasteiger partial charge in [-0.1, -0.05) is 0 Å². The van der Waals surface area contributed by atoms with Gasteiger partial charge in [0, 0.05) is 24.5 Å². The summed E-state index contributed by atoms with van der Waals surface area (Å²) in [6.45, 7) is 0.909. The molecule has 1 aromatic carbocycles. The van der Waals surface area contributed by atoms with Crippen molar-refractivity contribution in [1.82, 2.24) is 4.57 Å². The van der Waals surface area contributed by atoms with E-state index in [9.17, 15) is 8.78 Å². The number of aromatic nitrogens is 1. The predicted octanol–water partition coefficient (Wildman–Crippen LogP) is 2.32. The molecule has 17 heavy (non-hydrogen) atoms. The van der Waals surface area contributed by atoms with E-state index < -0.39 is 5.82 Å². The first-order valence-electron chi connectivity index (χ1n) is 5.47. The second-order valence-electron chi connectivity index (χ2n) is 3.97. The summed E-state index contributed by atoms with van der Waals surface area (Å²) in [5, 5.41) is 0. The van der Waals surface area contributed by atoms with Crippen LogP contribution in [0, 0.1) is 11.6 Å². The van der Waals surface area contributed by atoms with Gasteiger partial charge in [-0.3, -0.25) is 0 Å². The molecule has 1 heterocycles. The van der Waals surface area contributed by atoms with Gasteiger partial charge < -0.3 is 10.3 Å². The highest BCUT2D eigenvalue weighted by molar-refractivity contribution is 5.20. The topological polar surface area (TPSA) is 30.9 Å². The summed E-state index contributed by atoms with van der Waals surface area (Å²) < 4.78 is 28.2. The summed E-state index contributed by atoms with van der Waals surface area (Å²) in [6.07, 6.45) is 4.53. The van der Waals surface area contributed by atoms with Crippen LogP contribution in [-0.2, 0) is 13.0 Å². The maximum Gasteiger partial charge on any atom is 0.128 e. The molecule has 4 heteroatoms. The third-order valence-corrected chi connectivity index (χ3v) is 2.61. The zero-order valence-electron chi connectivity index (χ0n) is 9.37. The van der Waals surface area contributed by atoms with E-state index >= 15 is 0 Å². The molecule has 0 aliphatic carbocycles. The minimum Gasteiger partial charge on any atom is -0.350 e. The van der Waals surface area contributed by atoms with Crippen LogP contribution in [-0.4, -0.2) is 11.1 Å². The van der Waals surface area contributed by atoms with Gasteiger partial charge in [0.1, 0.15) is 11.6 Å². The molecular weight excluding hydrogens is 222 g/mol. The highest BCUT2D eigenvalue weighted by atomic mass is 19.1. The molecule has 0 bridgehead atoms. The van der Waals surface area contributed by atoms with E-state index in [1.54, 1.807) is 0 Å². The first kappa shape index (κ1) is 11.8. The van der Waals surface area contributed by atoms with Gasteiger partial charge in [0.25, 0.3) is 0 Å². The van der Waals surface area contributed by atoms with Gasteiger partial charge >= 0.3 is 0 Å². The monoisotopic (exact) mass is 236 g/mol. The van der Waals surface area contributed by atoms with E-state index in [2.05, 4.69) is 0 Å². The Morgan fingerprint density at radius 3 is 2.76 bits per heavy atom. The number of hydrogen-bond acceptors (Lipinski definition) is 1. The van der Waals surface area contributed by atoms with Crippen molar-refractivity contribution in [2.75, 3.05) is 6.54 Å². The largest absolute Gasteiger partial charge is 0.350 e. The fourth-order valence-electron chi connectivity index (χ4n) is 1.76. The van der Waals surface area contributed by atoms with Gasteiger partial charge in [0.05, 0.1) is 0 Å². The van der Waals surface area contributed by atoms with E-state index in [1.807, 2.05) is 23.0 Å². The summed E-state index contributed by atoms with van der Waals surface area (Å²) in [5.74, 6) is -0.809. The lowest BCUT2D eigenvalue weighted by Crippen LogP contribution is -2.03. The van der Waals surface area contributed by atoms with Gasteiger partial charge in [-0.2, -0.15) is 0 Å². The Balaban J connectivity index is 2.16. The molecule has 0 spiro atoms. The number of halogens is 2. The van der Waals surface area contributed by atoms with Gasteiger partial charge in [0.2, 0.25) is 0 Å². The van der Waals surface area contributed by atoms with E-state index in [0.29, 0.717) is 18.7 Å². The summed E-state index contributed by atoms with van der Waals surface area (Å²) in [5.41, 5.74) is 6.90. The van der Waals surface area contributed by atoms with Crippen molar-refractivity contribution in [3.05, 3.63) is 59.4 Å². The minimum absolute atomic E-state index is 0.328. The first-order chi connectivity index (χ1) is 8.19. The molecule has 0 unspecified atom stereocenters. The number of rotatable bonds is 4. The maximum atomic E-state index is 13.4. The van der Waals surface area contributed by atoms with Gasteiger partial charge in [0.15, 0.2) is 0 Å². The smallest absolute Gasteiger partial charge is 0.128 e. The lowest BCUT2D eigenvalue weighted by Gasteiger charge is -2.04. The highest BCUT2D eigenvalue weighted by Gasteiger charge is 2.05. The van der Waals surface area contributed by atoms with Crippen molar-refractivity contribution in [1.29, 1.82) is 0 Å². The number of hydrogen-bond donors (Lipinski definition) is 1.